The zero-order valence-corrected chi connectivity index (χ0v) is 11.7. The largest absolute Gasteiger partial charge is 0.326 e. The van der Waals surface area contributed by atoms with Gasteiger partial charge in [-0.1, -0.05) is 0 Å². The maximum atomic E-state index is 11.7. The Labute approximate surface area is 120 Å². The van der Waals surface area contributed by atoms with E-state index in [1.54, 1.807) is 24.5 Å². The van der Waals surface area contributed by atoms with E-state index in [9.17, 15) is 4.79 Å². The van der Waals surface area contributed by atoms with Gasteiger partial charge in [0.25, 0.3) is 0 Å². The third-order valence-electron chi connectivity index (χ3n) is 2.90. The number of pyridine rings is 1. The van der Waals surface area contributed by atoms with E-state index in [1.165, 1.54) is 0 Å². The molecule has 1 amide bonds. The standard InChI is InChI=1S/C12H17N3O.2ClH/c16-12(9-10-1-5-13-6-2-10)15-11-3-7-14-8-4-11;;/h3-4,7-8,10,13H,1-2,5-6,9H2,(H,14,15,16);2*1H. The SMILES string of the molecule is Cl.Cl.O=C(CC1CCNCC1)Nc1ccncc1. The number of carbonyl (C=O) groups is 1. The fourth-order valence-electron chi connectivity index (χ4n) is 2.00. The van der Waals surface area contributed by atoms with E-state index in [-0.39, 0.29) is 30.7 Å². The smallest absolute Gasteiger partial charge is 0.224 e. The van der Waals surface area contributed by atoms with E-state index < -0.39 is 0 Å². The zero-order chi connectivity index (χ0) is 11.2. The van der Waals surface area contributed by atoms with Crippen LogP contribution in [0, 0.1) is 5.92 Å². The lowest BCUT2D eigenvalue weighted by Crippen LogP contribution is -2.30. The topological polar surface area (TPSA) is 54.0 Å². The van der Waals surface area contributed by atoms with Gasteiger partial charge >= 0.3 is 0 Å². The summed E-state index contributed by atoms with van der Waals surface area (Å²) in [5, 5.41) is 6.19. The number of anilines is 1. The lowest BCUT2D eigenvalue weighted by molar-refractivity contribution is -0.117. The molecule has 0 bridgehead atoms. The molecule has 2 N–H and O–H groups in total. The summed E-state index contributed by atoms with van der Waals surface area (Å²) in [6, 6.07) is 3.61. The van der Waals surface area contributed by atoms with Gasteiger partial charge in [-0.25, -0.2) is 0 Å². The van der Waals surface area contributed by atoms with Gasteiger partial charge in [0, 0.05) is 24.5 Å². The molecule has 1 aromatic heterocycles. The summed E-state index contributed by atoms with van der Waals surface area (Å²) < 4.78 is 0. The Bertz CT molecular complexity index is 342. The maximum absolute atomic E-state index is 11.7. The molecule has 2 rings (SSSR count). The number of amides is 1. The van der Waals surface area contributed by atoms with E-state index in [0.29, 0.717) is 12.3 Å². The van der Waals surface area contributed by atoms with Gasteiger partial charge in [-0.15, -0.1) is 24.8 Å². The summed E-state index contributed by atoms with van der Waals surface area (Å²) in [5.41, 5.74) is 0.828. The van der Waals surface area contributed by atoms with Gasteiger partial charge in [0.2, 0.25) is 5.91 Å². The summed E-state index contributed by atoms with van der Waals surface area (Å²) in [5.74, 6) is 0.640. The summed E-state index contributed by atoms with van der Waals surface area (Å²) in [6.45, 7) is 2.07. The Morgan fingerprint density at radius 3 is 2.50 bits per heavy atom. The molecule has 0 radical (unpaired) electrons. The third kappa shape index (κ3) is 5.67. The van der Waals surface area contributed by atoms with Crippen molar-refractivity contribution < 1.29 is 4.79 Å². The molecule has 0 saturated carbocycles. The molecule has 102 valence electrons. The molecular weight excluding hydrogens is 273 g/mol. The molecule has 0 aliphatic carbocycles. The van der Waals surface area contributed by atoms with Crippen LogP contribution in [0.25, 0.3) is 0 Å². The number of hydrogen-bond donors (Lipinski definition) is 2. The molecule has 1 aliphatic heterocycles. The minimum absolute atomic E-state index is 0. The van der Waals surface area contributed by atoms with E-state index in [1.807, 2.05) is 0 Å². The van der Waals surface area contributed by atoms with Crippen LogP contribution in [0.4, 0.5) is 5.69 Å². The van der Waals surface area contributed by atoms with Gasteiger partial charge in [-0.05, 0) is 44.0 Å². The average molecular weight is 292 g/mol. The summed E-state index contributed by atoms with van der Waals surface area (Å²) in [4.78, 5) is 15.6. The van der Waals surface area contributed by atoms with Crippen molar-refractivity contribution in [3.05, 3.63) is 24.5 Å². The van der Waals surface area contributed by atoms with Gasteiger partial charge in [0.1, 0.15) is 0 Å². The molecule has 0 unspecified atom stereocenters. The fraction of sp³-hybridized carbons (Fsp3) is 0.500. The number of carbonyl (C=O) groups excluding carboxylic acids is 1. The first-order valence-corrected chi connectivity index (χ1v) is 5.75. The van der Waals surface area contributed by atoms with Crippen molar-refractivity contribution in [2.45, 2.75) is 19.3 Å². The number of nitrogens with zero attached hydrogens (tertiary/aromatic N) is 1. The van der Waals surface area contributed by atoms with Gasteiger partial charge in [-0.2, -0.15) is 0 Å². The molecule has 0 spiro atoms. The Hall–Kier alpha value is -0.840. The van der Waals surface area contributed by atoms with Crippen LogP contribution in [0.5, 0.6) is 0 Å². The van der Waals surface area contributed by atoms with Crippen LogP contribution in [0.15, 0.2) is 24.5 Å². The van der Waals surface area contributed by atoms with Crippen LogP contribution in [0.3, 0.4) is 0 Å². The molecule has 1 saturated heterocycles. The quantitative estimate of drug-likeness (QED) is 0.898. The molecule has 6 heteroatoms. The minimum atomic E-state index is 0. The first kappa shape index (κ1) is 17.2. The predicted molar refractivity (Wildman–Crippen MR) is 77.6 cm³/mol. The van der Waals surface area contributed by atoms with Crippen LogP contribution in [0.2, 0.25) is 0 Å². The highest BCUT2D eigenvalue weighted by molar-refractivity contribution is 5.90. The molecule has 0 atom stereocenters. The molecule has 4 nitrogen and oxygen atoms in total. The van der Waals surface area contributed by atoms with Crippen molar-refractivity contribution in [2.75, 3.05) is 18.4 Å². The number of halogens is 2. The van der Waals surface area contributed by atoms with E-state index in [2.05, 4.69) is 15.6 Å². The Morgan fingerprint density at radius 1 is 1.28 bits per heavy atom. The molecule has 0 aromatic carbocycles. The molecule has 18 heavy (non-hydrogen) atoms. The first-order valence-electron chi connectivity index (χ1n) is 5.75. The van der Waals surface area contributed by atoms with Crippen molar-refractivity contribution in [3.8, 4) is 0 Å². The second-order valence-corrected chi connectivity index (χ2v) is 4.18. The number of aromatic nitrogens is 1. The van der Waals surface area contributed by atoms with Crippen molar-refractivity contribution in [1.29, 1.82) is 0 Å². The number of hydrogen-bond acceptors (Lipinski definition) is 3. The second kappa shape index (κ2) is 9.14. The van der Waals surface area contributed by atoms with Crippen molar-refractivity contribution in [2.24, 2.45) is 5.92 Å². The highest BCUT2D eigenvalue weighted by Crippen LogP contribution is 2.16. The third-order valence-corrected chi connectivity index (χ3v) is 2.90. The molecule has 1 aliphatic rings. The van der Waals surface area contributed by atoms with Gasteiger partial charge in [-0.3, -0.25) is 9.78 Å². The van der Waals surface area contributed by atoms with E-state index in [0.717, 1.165) is 31.6 Å². The molecule has 1 aromatic rings. The Morgan fingerprint density at radius 2 is 1.89 bits per heavy atom. The summed E-state index contributed by atoms with van der Waals surface area (Å²) >= 11 is 0. The highest BCUT2D eigenvalue weighted by Gasteiger charge is 2.16. The van der Waals surface area contributed by atoms with Crippen LogP contribution in [0.1, 0.15) is 19.3 Å². The lowest BCUT2D eigenvalue weighted by atomic mass is 9.94. The van der Waals surface area contributed by atoms with E-state index >= 15 is 0 Å². The summed E-state index contributed by atoms with van der Waals surface area (Å²) in [6.07, 6.45) is 6.19. The van der Waals surface area contributed by atoms with E-state index in [4.69, 9.17) is 0 Å². The zero-order valence-electron chi connectivity index (χ0n) is 10.1. The van der Waals surface area contributed by atoms with Crippen LogP contribution >= 0.6 is 24.8 Å². The predicted octanol–water partition coefficient (Wildman–Crippen LogP) is 2.25. The Balaban J connectivity index is 0.00000144. The number of nitrogens with one attached hydrogen (secondary N) is 2. The van der Waals surface area contributed by atoms with Crippen molar-refractivity contribution >= 4 is 36.4 Å². The van der Waals surface area contributed by atoms with Gasteiger partial charge < -0.3 is 10.6 Å². The fourth-order valence-corrected chi connectivity index (χ4v) is 2.00. The highest BCUT2D eigenvalue weighted by atomic mass is 35.5. The first-order chi connectivity index (χ1) is 7.84. The minimum Gasteiger partial charge on any atom is -0.326 e. The van der Waals surface area contributed by atoms with Crippen molar-refractivity contribution in [1.82, 2.24) is 10.3 Å². The monoisotopic (exact) mass is 291 g/mol. The number of piperidine rings is 1. The van der Waals surface area contributed by atoms with Crippen LogP contribution in [-0.2, 0) is 4.79 Å². The normalized spacial score (nSPS) is 15.1. The number of rotatable bonds is 3. The molecule has 2 heterocycles. The van der Waals surface area contributed by atoms with Crippen LogP contribution < -0.4 is 10.6 Å². The van der Waals surface area contributed by atoms with Crippen molar-refractivity contribution in [3.63, 3.8) is 0 Å². The van der Waals surface area contributed by atoms with Gasteiger partial charge in [0.05, 0.1) is 0 Å². The van der Waals surface area contributed by atoms with Crippen LogP contribution in [-0.4, -0.2) is 24.0 Å². The summed E-state index contributed by atoms with van der Waals surface area (Å²) in [7, 11) is 0. The Kier molecular flexibility index (Phi) is 8.71. The maximum Gasteiger partial charge on any atom is 0.224 e. The molecular formula is C12H19Cl2N3O. The molecule has 1 fully saturated rings. The lowest BCUT2D eigenvalue weighted by Gasteiger charge is -2.21. The van der Waals surface area contributed by atoms with Gasteiger partial charge in [0.15, 0.2) is 0 Å². The second-order valence-electron chi connectivity index (χ2n) is 4.18. The average Bonchev–Trinajstić information content (AvgIpc) is 2.31.